The van der Waals surface area contributed by atoms with Crippen LogP contribution in [0.1, 0.15) is 22.3 Å². The summed E-state index contributed by atoms with van der Waals surface area (Å²) in [6.07, 6.45) is 0.367. The first-order valence-electron chi connectivity index (χ1n) is 11.0. The molecule has 0 aliphatic rings. The second kappa shape index (κ2) is 11.9. The van der Waals surface area contributed by atoms with Crippen molar-refractivity contribution in [1.29, 1.82) is 0 Å². The smallest absolute Gasteiger partial charge is 0.261 e. The van der Waals surface area contributed by atoms with Crippen molar-refractivity contribution < 1.29 is 14.3 Å². The fourth-order valence-electron chi connectivity index (χ4n) is 3.77. The third-order valence-electron chi connectivity index (χ3n) is 5.53. The fourth-order valence-corrected chi connectivity index (χ4v) is 4.09. The van der Waals surface area contributed by atoms with Crippen LogP contribution in [0.15, 0.2) is 66.7 Å². The monoisotopic (exact) mass is 498 g/mol. The van der Waals surface area contributed by atoms with Gasteiger partial charge in [0.25, 0.3) is 5.91 Å². The maximum atomic E-state index is 13.5. The highest BCUT2D eigenvalue weighted by atomic mass is 35.5. The van der Waals surface area contributed by atoms with Crippen molar-refractivity contribution in [1.82, 2.24) is 10.2 Å². The van der Waals surface area contributed by atoms with Crippen LogP contribution in [0.5, 0.6) is 5.75 Å². The Bertz CT molecular complexity index is 1130. The van der Waals surface area contributed by atoms with Crippen molar-refractivity contribution in [3.8, 4) is 5.75 Å². The lowest BCUT2D eigenvalue weighted by atomic mass is 10.0. The van der Waals surface area contributed by atoms with Crippen molar-refractivity contribution in [3.63, 3.8) is 0 Å². The van der Waals surface area contributed by atoms with Crippen molar-refractivity contribution >= 4 is 35.0 Å². The SMILES string of the molecule is CNC(=O)[C@H](Cc1ccccc1)N(Cc1cccc(Cl)c1)C(=O)COc1cc(C)c(Cl)c(C)c1. The molecule has 0 aliphatic carbocycles. The van der Waals surface area contributed by atoms with Gasteiger partial charge < -0.3 is 15.0 Å². The first-order chi connectivity index (χ1) is 16.3. The molecule has 0 fully saturated rings. The maximum absolute atomic E-state index is 13.5. The van der Waals surface area contributed by atoms with Crippen LogP contribution in [0.2, 0.25) is 10.0 Å². The number of carbonyl (C=O) groups is 2. The number of benzene rings is 3. The summed E-state index contributed by atoms with van der Waals surface area (Å²) in [7, 11) is 1.57. The third-order valence-corrected chi connectivity index (χ3v) is 6.36. The maximum Gasteiger partial charge on any atom is 0.261 e. The van der Waals surface area contributed by atoms with Crippen LogP contribution >= 0.6 is 23.2 Å². The Kier molecular flexibility index (Phi) is 8.97. The highest BCUT2D eigenvalue weighted by Gasteiger charge is 2.30. The molecule has 0 aromatic heterocycles. The first kappa shape index (κ1) is 25.6. The minimum atomic E-state index is -0.726. The molecule has 1 N–H and O–H groups in total. The standard InChI is InChI=1S/C27H28Cl2N2O3/c1-18-12-23(13-19(2)26(18)29)34-17-25(32)31(16-21-10-7-11-22(28)14-21)24(27(33)30-3)15-20-8-5-4-6-9-20/h4-14,24H,15-17H2,1-3H3,(H,30,33)/t24-/m0/s1. The molecule has 34 heavy (non-hydrogen) atoms. The molecule has 3 aromatic rings. The van der Waals surface area contributed by atoms with E-state index in [1.165, 1.54) is 0 Å². The number of carbonyl (C=O) groups excluding carboxylic acids is 2. The van der Waals surface area contributed by atoms with Gasteiger partial charge in [-0.1, -0.05) is 65.7 Å². The molecule has 5 nitrogen and oxygen atoms in total. The number of halogens is 2. The molecule has 0 saturated heterocycles. The number of hydrogen-bond acceptors (Lipinski definition) is 3. The summed E-state index contributed by atoms with van der Waals surface area (Å²) in [4.78, 5) is 27.9. The van der Waals surface area contributed by atoms with Crippen LogP contribution < -0.4 is 10.1 Å². The van der Waals surface area contributed by atoms with Crippen LogP contribution in [0.4, 0.5) is 0 Å². The molecular weight excluding hydrogens is 471 g/mol. The summed E-state index contributed by atoms with van der Waals surface area (Å²) in [6.45, 7) is 3.77. The predicted molar refractivity (Wildman–Crippen MR) is 136 cm³/mol. The Labute approximate surface area is 210 Å². The van der Waals surface area contributed by atoms with Crippen molar-refractivity contribution in [2.75, 3.05) is 13.7 Å². The summed E-state index contributed by atoms with van der Waals surface area (Å²) in [6, 6.07) is 19.7. The lowest BCUT2D eigenvalue weighted by Gasteiger charge is -2.31. The molecule has 0 radical (unpaired) electrons. The van der Waals surface area contributed by atoms with Crippen LogP contribution in [-0.2, 0) is 22.6 Å². The number of nitrogens with one attached hydrogen (secondary N) is 1. The molecule has 3 aromatic carbocycles. The zero-order valence-electron chi connectivity index (χ0n) is 19.5. The van der Waals surface area contributed by atoms with Gasteiger partial charge >= 0.3 is 0 Å². The minimum Gasteiger partial charge on any atom is -0.484 e. The van der Waals surface area contributed by atoms with Gasteiger partial charge in [-0.2, -0.15) is 0 Å². The van der Waals surface area contributed by atoms with Gasteiger partial charge in [-0.05, 0) is 60.4 Å². The fraction of sp³-hybridized carbons (Fsp3) is 0.259. The summed E-state index contributed by atoms with van der Waals surface area (Å²) < 4.78 is 5.83. The lowest BCUT2D eigenvalue weighted by molar-refractivity contribution is -0.142. The van der Waals surface area contributed by atoms with Gasteiger partial charge in [-0.15, -0.1) is 0 Å². The molecular formula is C27H28Cl2N2O3. The van der Waals surface area contributed by atoms with E-state index in [4.69, 9.17) is 27.9 Å². The highest BCUT2D eigenvalue weighted by Crippen LogP contribution is 2.26. The minimum absolute atomic E-state index is 0.215. The van der Waals surface area contributed by atoms with Crippen molar-refractivity contribution in [2.45, 2.75) is 32.9 Å². The molecule has 3 rings (SSSR count). The molecule has 0 bridgehead atoms. The number of ether oxygens (including phenoxy) is 1. The van der Waals surface area contributed by atoms with Gasteiger partial charge in [0.05, 0.1) is 0 Å². The van der Waals surface area contributed by atoms with Gasteiger partial charge in [0.15, 0.2) is 6.61 Å². The Morgan fingerprint density at radius 1 is 0.941 bits per heavy atom. The van der Waals surface area contributed by atoms with Crippen molar-refractivity contribution in [3.05, 3.63) is 99.0 Å². The third kappa shape index (κ3) is 6.75. The first-order valence-corrected chi connectivity index (χ1v) is 11.7. The van der Waals surface area contributed by atoms with Crippen LogP contribution in [0.25, 0.3) is 0 Å². The van der Waals surface area contributed by atoms with Crippen LogP contribution in [-0.4, -0.2) is 36.4 Å². The average Bonchev–Trinajstić information content (AvgIpc) is 2.83. The second-order valence-electron chi connectivity index (χ2n) is 8.13. The number of aryl methyl sites for hydroxylation is 2. The summed E-state index contributed by atoms with van der Waals surface area (Å²) in [5, 5.41) is 3.93. The zero-order valence-corrected chi connectivity index (χ0v) is 21.0. The Morgan fingerprint density at radius 3 is 2.21 bits per heavy atom. The van der Waals surface area contributed by atoms with Gasteiger partial charge in [0.2, 0.25) is 5.91 Å². The number of rotatable bonds is 9. The summed E-state index contributed by atoms with van der Waals surface area (Å²) in [5.41, 5.74) is 3.50. The Morgan fingerprint density at radius 2 is 1.59 bits per heavy atom. The zero-order chi connectivity index (χ0) is 24.7. The largest absolute Gasteiger partial charge is 0.484 e. The molecule has 0 saturated carbocycles. The van der Waals surface area contributed by atoms with Crippen molar-refractivity contribution in [2.24, 2.45) is 0 Å². The van der Waals surface area contributed by atoms with E-state index in [0.29, 0.717) is 22.2 Å². The Hall–Kier alpha value is -3.02. The molecule has 0 heterocycles. The van der Waals surface area contributed by atoms with E-state index in [2.05, 4.69) is 5.32 Å². The topological polar surface area (TPSA) is 58.6 Å². The normalized spacial score (nSPS) is 11.6. The molecule has 7 heteroatoms. The molecule has 2 amide bonds. The number of amides is 2. The van der Waals surface area contributed by atoms with Crippen LogP contribution in [0.3, 0.4) is 0 Å². The van der Waals surface area contributed by atoms with Gasteiger partial charge in [0, 0.05) is 30.1 Å². The van der Waals surface area contributed by atoms with E-state index >= 15 is 0 Å². The van der Waals surface area contributed by atoms with Crippen LogP contribution in [0, 0.1) is 13.8 Å². The van der Waals surface area contributed by atoms with E-state index in [-0.39, 0.29) is 25.0 Å². The van der Waals surface area contributed by atoms with E-state index < -0.39 is 6.04 Å². The molecule has 0 unspecified atom stereocenters. The number of nitrogens with zero attached hydrogens (tertiary/aromatic N) is 1. The lowest BCUT2D eigenvalue weighted by Crippen LogP contribution is -2.51. The number of hydrogen-bond donors (Lipinski definition) is 1. The summed E-state index contributed by atoms with van der Waals surface area (Å²) >= 11 is 12.4. The molecule has 0 spiro atoms. The van der Waals surface area contributed by atoms with Gasteiger partial charge in [-0.25, -0.2) is 0 Å². The summed E-state index contributed by atoms with van der Waals surface area (Å²) in [5.74, 6) is -0.0119. The quantitative estimate of drug-likeness (QED) is 0.431. The van der Waals surface area contributed by atoms with Gasteiger partial charge in [-0.3, -0.25) is 9.59 Å². The highest BCUT2D eigenvalue weighted by molar-refractivity contribution is 6.32. The second-order valence-corrected chi connectivity index (χ2v) is 8.95. The van der Waals surface area contributed by atoms with E-state index in [1.54, 1.807) is 36.2 Å². The predicted octanol–water partition coefficient (Wildman–Crippen LogP) is 5.38. The average molecular weight is 499 g/mol. The van der Waals surface area contributed by atoms with E-state index in [9.17, 15) is 9.59 Å². The molecule has 1 atom stereocenters. The van der Waals surface area contributed by atoms with E-state index in [1.807, 2.05) is 56.3 Å². The molecule has 178 valence electrons. The van der Waals surface area contributed by atoms with E-state index in [0.717, 1.165) is 22.3 Å². The number of likely N-dealkylation sites (N-methyl/N-ethyl adjacent to an activating group) is 1. The Balaban J connectivity index is 1.89. The van der Waals surface area contributed by atoms with Gasteiger partial charge in [0.1, 0.15) is 11.8 Å². The molecule has 0 aliphatic heterocycles.